The Hall–Kier alpha value is -2.14. The quantitative estimate of drug-likeness (QED) is 0.884. The van der Waals surface area contributed by atoms with Crippen molar-refractivity contribution in [2.45, 2.75) is 13.3 Å². The highest BCUT2D eigenvalue weighted by Gasteiger charge is 2.15. The molecule has 0 atom stereocenters. The van der Waals surface area contributed by atoms with Crippen LogP contribution in [-0.4, -0.2) is 27.6 Å². The molecular formula is C14H14ClN3O2. The van der Waals surface area contributed by atoms with Crippen LogP contribution in [0.15, 0.2) is 30.5 Å². The average Bonchev–Trinajstić information content (AvgIpc) is 2.45. The molecule has 1 heterocycles. The summed E-state index contributed by atoms with van der Waals surface area (Å²) < 4.78 is 0. The number of anilines is 1. The number of nitrogens with zero attached hydrogens (tertiary/aromatic N) is 2. The van der Waals surface area contributed by atoms with E-state index in [1.54, 1.807) is 12.1 Å². The van der Waals surface area contributed by atoms with Crippen molar-refractivity contribution in [1.82, 2.24) is 9.97 Å². The highest BCUT2D eigenvalue weighted by atomic mass is 35.5. The molecule has 0 aliphatic heterocycles. The number of hydrogen-bond donors (Lipinski definition) is 2. The van der Waals surface area contributed by atoms with Gasteiger partial charge in [-0.05, 0) is 18.6 Å². The van der Waals surface area contributed by atoms with Crippen molar-refractivity contribution in [3.05, 3.63) is 41.0 Å². The van der Waals surface area contributed by atoms with E-state index >= 15 is 0 Å². The van der Waals surface area contributed by atoms with Gasteiger partial charge in [0, 0.05) is 18.3 Å². The summed E-state index contributed by atoms with van der Waals surface area (Å²) in [4.78, 5) is 19.5. The van der Waals surface area contributed by atoms with Crippen LogP contribution in [0.2, 0.25) is 5.02 Å². The van der Waals surface area contributed by atoms with E-state index < -0.39 is 5.97 Å². The molecule has 0 saturated carbocycles. The molecule has 0 aliphatic rings. The van der Waals surface area contributed by atoms with Crippen LogP contribution in [-0.2, 0) is 0 Å². The lowest BCUT2D eigenvalue weighted by atomic mass is 10.2. The summed E-state index contributed by atoms with van der Waals surface area (Å²) >= 11 is 6.10. The second-order valence-electron chi connectivity index (χ2n) is 4.17. The molecule has 1 aromatic heterocycles. The minimum atomic E-state index is -1.06. The summed E-state index contributed by atoms with van der Waals surface area (Å²) in [6.45, 7) is 2.63. The third-order valence-electron chi connectivity index (χ3n) is 2.68. The van der Waals surface area contributed by atoms with Gasteiger partial charge in [0.05, 0.1) is 5.02 Å². The lowest BCUT2D eigenvalue weighted by Crippen LogP contribution is -2.10. The number of carboxylic acid groups (broad SMARTS) is 1. The molecule has 2 aromatic rings. The molecule has 2 rings (SSSR count). The molecule has 104 valence electrons. The van der Waals surface area contributed by atoms with Gasteiger partial charge in [-0.3, -0.25) is 0 Å². The van der Waals surface area contributed by atoms with Crippen LogP contribution in [0.5, 0.6) is 0 Å². The third-order valence-corrected chi connectivity index (χ3v) is 3.01. The Morgan fingerprint density at radius 1 is 1.40 bits per heavy atom. The summed E-state index contributed by atoms with van der Waals surface area (Å²) in [7, 11) is 0. The van der Waals surface area contributed by atoms with Gasteiger partial charge in [0.1, 0.15) is 11.4 Å². The fourth-order valence-corrected chi connectivity index (χ4v) is 1.91. The molecule has 0 saturated heterocycles. The first-order valence-corrected chi connectivity index (χ1v) is 6.60. The number of carboxylic acids is 1. The van der Waals surface area contributed by atoms with E-state index in [9.17, 15) is 4.79 Å². The molecule has 2 N–H and O–H groups in total. The monoisotopic (exact) mass is 291 g/mol. The van der Waals surface area contributed by atoms with Gasteiger partial charge in [-0.1, -0.05) is 30.7 Å². The van der Waals surface area contributed by atoms with Gasteiger partial charge in [0.15, 0.2) is 5.82 Å². The van der Waals surface area contributed by atoms with E-state index in [4.69, 9.17) is 16.7 Å². The van der Waals surface area contributed by atoms with Crippen LogP contribution in [0.3, 0.4) is 0 Å². The summed E-state index contributed by atoms with van der Waals surface area (Å²) in [5.74, 6) is -0.349. The molecule has 0 aliphatic carbocycles. The molecular weight excluding hydrogens is 278 g/mol. The van der Waals surface area contributed by atoms with Crippen LogP contribution in [0, 0.1) is 0 Å². The predicted octanol–water partition coefficient (Wildman–Crippen LogP) is 3.32. The topological polar surface area (TPSA) is 75.1 Å². The van der Waals surface area contributed by atoms with Crippen LogP contribution in [0.25, 0.3) is 11.4 Å². The second kappa shape index (κ2) is 6.34. The number of aromatic nitrogens is 2. The maximum atomic E-state index is 11.2. The van der Waals surface area contributed by atoms with Gasteiger partial charge in [-0.2, -0.15) is 0 Å². The summed E-state index contributed by atoms with van der Waals surface area (Å²) in [5, 5.41) is 12.7. The molecule has 0 amide bonds. The molecule has 1 aromatic carbocycles. The number of hydrogen-bond acceptors (Lipinski definition) is 4. The molecule has 6 heteroatoms. The normalized spacial score (nSPS) is 10.3. The van der Waals surface area contributed by atoms with Crippen LogP contribution in [0.1, 0.15) is 23.7 Å². The van der Waals surface area contributed by atoms with E-state index in [0.717, 1.165) is 6.42 Å². The first-order valence-electron chi connectivity index (χ1n) is 6.22. The van der Waals surface area contributed by atoms with Gasteiger partial charge in [0.25, 0.3) is 0 Å². The minimum absolute atomic E-state index is 0.0502. The van der Waals surface area contributed by atoms with E-state index in [1.165, 1.54) is 6.20 Å². The first-order chi connectivity index (χ1) is 9.63. The number of aromatic carboxylic acids is 1. The van der Waals surface area contributed by atoms with Crippen LogP contribution < -0.4 is 5.32 Å². The van der Waals surface area contributed by atoms with Gasteiger partial charge >= 0.3 is 5.97 Å². The van der Waals surface area contributed by atoms with Gasteiger partial charge < -0.3 is 10.4 Å². The number of benzene rings is 1. The molecule has 0 radical (unpaired) electrons. The Morgan fingerprint density at radius 3 is 2.80 bits per heavy atom. The minimum Gasteiger partial charge on any atom is -0.477 e. The fraction of sp³-hybridized carbons (Fsp3) is 0.214. The van der Waals surface area contributed by atoms with Crippen molar-refractivity contribution in [2.24, 2.45) is 0 Å². The first kappa shape index (κ1) is 14.3. The molecule has 5 nitrogen and oxygen atoms in total. The SMILES string of the molecule is CCCNc1nc(-c2ccccc2Cl)ncc1C(=O)O. The number of rotatable bonds is 5. The van der Waals surface area contributed by atoms with E-state index in [2.05, 4.69) is 15.3 Å². The van der Waals surface area contributed by atoms with Gasteiger partial charge in [-0.15, -0.1) is 0 Å². The summed E-state index contributed by atoms with van der Waals surface area (Å²) in [6, 6.07) is 7.18. The van der Waals surface area contributed by atoms with Crippen molar-refractivity contribution >= 4 is 23.4 Å². The molecule has 0 spiro atoms. The van der Waals surface area contributed by atoms with Crippen molar-refractivity contribution in [2.75, 3.05) is 11.9 Å². The van der Waals surface area contributed by atoms with Crippen molar-refractivity contribution in [3.63, 3.8) is 0 Å². The van der Waals surface area contributed by atoms with Crippen molar-refractivity contribution < 1.29 is 9.90 Å². The van der Waals surface area contributed by atoms with Gasteiger partial charge in [-0.25, -0.2) is 14.8 Å². The molecule has 0 fully saturated rings. The maximum absolute atomic E-state index is 11.2. The van der Waals surface area contributed by atoms with E-state index in [-0.39, 0.29) is 5.56 Å². The number of nitrogens with one attached hydrogen (secondary N) is 1. The fourth-order valence-electron chi connectivity index (χ4n) is 1.69. The zero-order valence-electron chi connectivity index (χ0n) is 10.9. The van der Waals surface area contributed by atoms with Crippen LogP contribution >= 0.6 is 11.6 Å². The summed E-state index contributed by atoms with van der Waals surface area (Å²) in [5.41, 5.74) is 0.722. The zero-order valence-corrected chi connectivity index (χ0v) is 11.7. The Morgan fingerprint density at radius 2 is 2.15 bits per heavy atom. The van der Waals surface area contributed by atoms with E-state index in [0.29, 0.717) is 28.8 Å². The Labute approximate surface area is 121 Å². The summed E-state index contributed by atoms with van der Waals surface area (Å²) in [6.07, 6.45) is 2.16. The molecule has 0 unspecified atom stereocenters. The zero-order chi connectivity index (χ0) is 14.5. The lowest BCUT2D eigenvalue weighted by Gasteiger charge is -2.09. The lowest BCUT2D eigenvalue weighted by molar-refractivity contribution is 0.0697. The largest absolute Gasteiger partial charge is 0.477 e. The standard InChI is InChI=1S/C14H14ClN3O2/c1-2-7-16-13-10(14(19)20)8-17-12(18-13)9-5-3-4-6-11(9)15/h3-6,8H,2,7H2,1H3,(H,19,20)(H,16,17,18). The molecule has 0 bridgehead atoms. The number of carbonyl (C=O) groups is 1. The highest BCUT2D eigenvalue weighted by Crippen LogP contribution is 2.26. The number of halogens is 1. The smallest absolute Gasteiger partial charge is 0.341 e. The average molecular weight is 292 g/mol. The Bertz CT molecular complexity index is 632. The Kier molecular flexibility index (Phi) is 4.53. The van der Waals surface area contributed by atoms with Crippen molar-refractivity contribution in [3.8, 4) is 11.4 Å². The van der Waals surface area contributed by atoms with Crippen LogP contribution in [0.4, 0.5) is 5.82 Å². The molecule has 20 heavy (non-hydrogen) atoms. The third kappa shape index (κ3) is 3.05. The second-order valence-corrected chi connectivity index (χ2v) is 4.57. The van der Waals surface area contributed by atoms with E-state index in [1.807, 2.05) is 19.1 Å². The maximum Gasteiger partial charge on any atom is 0.341 e. The Balaban J connectivity index is 2.46. The van der Waals surface area contributed by atoms with Gasteiger partial charge in [0.2, 0.25) is 0 Å². The van der Waals surface area contributed by atoms with Crippen molar-refractivity contribution in [1.29, 1.82) is 0 Å². The predicted molar refractivity (Wildman–Crippen MR) is 78.2 cm³/mol. The highest BCUT2D eigenvalue weighted by molar-refractivity contribution is 6.33.